The van der Waals surface area contributed by atoms with E-state index in [0.29, 0.717) is 18.1 Å². The normalized spacial score (nSPS) is 12.5. The quantitative estimate of drug-likeness (QED) is 0.193. The maximum absolute atomic E-state index is 11.2. The van der Waals surface area contributed by atoms with Gasteiger partial charge < -0.3 is 9.84 Å². The molecule has 0 saturated heterocycles. The highest BCUT2D eigenvalue weighted by Crippen LogP contribution is 2.17. The minimum absolute atomic E-state index is 0.0533. The molecule has 0 aromatic rings. The second-order valence-corrected chi connectivity index (χ2v) is 7.77. The van der Waals surface area contributed by atoms with Gasteiger partial charge in [-0.1, -0.05) is 105 Å². The number of aliphatic hydroxyl groups excluding tert-OH is 1. The van der Waals surface area contributed by atoms with Gasteiger partial charge in [-0.2, -0.15) is 0 Å². The molecule has 2 atom stereocenters. The number of aliphatic hydroxyl groups is 1. The highest BCUT2D eigenvalue weighted by Gasteiger charge is 2.13. The van der Waals surface area contributed by atoms with Crippen LogP contribution in [0.5, 0.6) is 0 Å². The summed E-state index contributed by atoms with van der Waals surface area (Å²) < 4.78 is 5.05. The number of hydrogen-bond acceptors (Lipinski definition) is 3. The molecule has 0 aliphatic carbocycles. The van der Waals surface area contributed by atoms with Crippen LogP contribution in [0.3, 0.4) is 0 Å². The number of hydrogen-bond donors (Lipinski definition) is 1. The van der Waals surface area contributed by atoms with Crippen molar-refractivity contribution in [2.45, 2.75) is 99.8 Å². The highest BCUT2D eigenvalue weighted by atomic mass is 16.5. The maximum Gasteiger partial charge on any atom is 0.333 e. The SMILES string of the molecule is C=C(C)C(=O)OCC(CO)CCC(C)CCC.C=C/C=C(/CC)CCC.CCC. The Bertz CT molecular complexity index is 424. The molecule has 3 nitrogen and oxygen atoms in total. The van der Waals surface area contributed by atoms with Gasteiger partial charge in [-0.3, -0.25) is 0 Å². The zero-order valence-electron chi connectivity index (χ0n) is 20.6. The largest absolute Gasteiger partial charge is 0.462 e. The number of carbonyl (C=O) groups excluding carboxylic acids is 1. The molecule has 1 N–H and O–H groups in total. The molecule has 0 fully saturated rings. The molecule has 0 aliphatic rings. The molecule has 0 rings (SSSR count). The van der Waals surface area contributed by atoms with Crippen LogP contribution >= 0.6 is 0 Å². The number of carbonyl (C=O) groups is 1. The van der Waals surface area contributed by atoms with Crippen molar-refractivity contribution in [2.24, 2.45) is 11.8 Å². The molecule has 0 saturated carbocycles. The van der Waals surface area contributed by atoms with Crippen LogP contribution in [0.15, 0.2) is 36.5 Å². The van der Waals surface area contributed by atoms with Crippen molar-refractivity contribution < 1.29 is 14.6 Å². The molecule has 172 valence electrons. The first-order chi connectivity index (χ1) is 13.8. The topological polar surface area (TPSA) is 46.5 Å². The predicted molar refractivity (Wildman–Crippen MR) is 129 cm³/mol. The maximum atomic E-state index is 11.2. The van der Waals surface area contributed by atoms with Crippen molar-refractivity contribution >= 4 is 5.97 Å². The van der Waals surface area contributed by atoms with Crippen LogP contribution in [0.1, 0.15) is 99.8 Å². The predicted octanol–water partition coefficient (Wildman–Crippen LogP) is 7.66. The van der Waals surface area contributed by atoms with Crippen molar-refractivity contribution in [3.63, 3.8) is 0 Å². The van der Waals surface area contributed by atoms with Crippen molar-refractivity contribution in [3.8, 4) is 0 Å². The van der Waals surface area contributed by atoms with E-state index in [4.69, 9.17) is 4.74 Å². The van der Waals surface area contributed by atoms with Gasteiger partial charge in [0.2, 0.25) is 0 Å². The average Bonchev–Trinajstić information content (AvgIpc) is 2.69. The standard InChI is InChI=1S/C14H26O3.C9H16.C3H8/c1-5-6-12(4)7-8-13(9-15)10-17-14(16)11(2)3;1-4-7-9(6-3)8-5-2;1-3-2/h12-13,15H,2,5-10H2,1,3-4H3;4,7H,1,5-6,8H2,2-3H3;3H2,1-2H3/b;9-7-;. The molecule has 0 heterocycles. The molecule has 3 heteroatoms. The monoisotopic (exact) mass is 410 g/mol. The molecular weight excluding hydrogens is 360 g/mol. The summed E-state index contributed by atoms with van der Waals surface area (Å²) in [4.78, 5) is 11.2. The number of allylic oxidation sites excluding steroid dienone is 3. The zero-order chi connectivity index (χ0) is 23.1. The number of esters is 1. The van der Waals surface area contributed by atoms with E-state index in [-0.39, 0.29) is 18.5 Å². The molecule has 29 heavy (non-hydrogen) atoms. The molecule has 0 bridgehead atoms. The van der Waals surface area contributed by atoms with E-state index < -0.39 is 0 Å². The molecule has 0 aromatic heterocycles. The lowest BCUT2D eigenvalue weighted by molar-refractivity contribution is -0.140. The van der Waals surface area contributed by atoms with Gasteiger partial charge in [0.1, 0.15) is 0 Å². The van der Waals surface area contributed by atoms with Gasteiger partial charge in [-0.25, -0.2) is 4.79 Å². The summed E-state index contributed by atoms with van der Waals surface area (Å²) in [6, 6.07) is 0. The van der Waals surface area contributed by atoms with Crippen molar-refractivity contribution in [1.29, 1.82) is 0 Å². The first kappa shape index (κ1) is 32.3. The smallest absolute Gasteiger partial charge is 0.333 e. The van der Waals surface area contributed by atoms with E-state index in [0.717, 1.165) is 12.8 Å². The van der Waals surface area contributed by atoms with Gasteiger partial charge in [0.25, 0.3) is 0 Å². The van der Waals surface area contributed by atoms with E-state index in [2.05, 4.69) is 60.8 Å². The Kier molecular flexibility index (Phi) is 27.5. The second-order valence-electron chi connectivity index (χ2n) is 7.77. The van der Waals surface area contributed by atoms with Crippen LogP contribution < -0.4 is 0 Å². The zero-order valence-corrected chi connectivity index (χ0v) is 20.6. The summed E-state index contributed by atoms with van der Waals surface area (Å²) in [5, 5.41) is 9.21. The number of ether oxygens (including phenoxy) is 1. The molecule has 0 radical (unpaired) electrons. The van der Waals surface area contributed by atoms with Gasteiger partial charge in [-0.15, -0.1) is 0 Å². The fourth-order valence-electron chi connectivity index (χ4n) is 2.57. The summed E-state index contributed by atoms with van der Waals surface area (Å²) in [5.74, 6) is 0.355. The lowest BCUT2D eigenvalue weighted by Gasteiger charge is -2.17. The van der Waals surface area contributed by atoms with Crippen molar-refractivity contribution in [3.05, 3.63) is 36.5 Å². The summed E-state index contributed by atoms with van der Waals surface area (Å²) in [7, 11) is 0. The third-order valence-corrected chi connectivity index (χ3v) is 4.28. The third-order valence-electron chi connectivity index (χ3n) is 4.28. The van der Waals surface area contributed by atoms with Crippen LogP contribution in [-0.4, -0.2) is 24.3 Å². The van der Waals surface area contributed by atoms with Crippen LogP contribution in [-0.2, 0) is 9.53 Å². The first-order valence-corrected chi connectivity index (χ1v) is 11.5. The summed E-state index contributed by atoms with van der Waals surface area (Å²) in [5.41, 5.74) is 1.91. The Morgan fingerprint density at radius 1 is 1.07 bits per heavy atom. The summed E-state index contributed by atoms with van der Waals surface area (Å²) in [6.45, 7) is 22.2. The molecular formula is C26H50O3. The van der Waals surface area contributed by atoms with E-state index >= 15 is 0 Å². The third kappa shape index (κ3) is 24.6. The van der Waals surface area contributed by atoms with Gasteiger partial charge in [0.05, 0.1) is 6.61 Å². The van der Waals surface area contributed by atoms with Crippen molar-refractivity contribution in [1.82, 2.24) is 0 Å². The van der Waals surface area contributed by atoms with E-state index in [9.17, 15) is 9.90 Å². The fourth-order valence-corrected chi connectivity index (χ4v) is 2.57. The van der Waals surface area contributed by atoms with Crippen LogP contribution in [0, 0.1) is 11.8 Å². The minimum atomic E-state index is -0.370. The number of rotatable bonds is 13. The van der Waals surface area contributed by atoms with Gasteiger partial charge in [-0.05, 0) is 32.1 Å². The first-order valence-electron chi connectivity index (χ1n) is 11.5. The molecule has 0 spiro atoms. The Morgan fingerprint density at radius 3 is 2.03 bits per heavy atom. The molecule has 0 aromatic carbocycles. The van der Waals surface area contributed by atoms with E-state index in [1.54, 1.807) is 6.92 Å². The Labute approximate surface area is 182 Å². The van der Waals surface area contributed by atoms with Crippen LogP contribution in [0.25, 0.3) is 0 Å². The van der Waals surface area contributed by atoms with Gasteiger partial charge in [0.15, 0.2) is 0 Å². The molecule has 0 aliphatic heterocycles. The Balaban J connectivity index is -0.000000471. The van der Waals surface area contributed by atoms with E-state index in [1.165, 1.54) is 44.1 Å². The van der Waals surface area contributed by atoms with Crippen molar-refractivity contribution in [2.75, 3.05) is 13.2 Å². The Morgan fingerprint density at radius 2 is 1.66 bits per heavy atom. The second kappa shape index (κ2) is 24.7. The van der Waals surface area contributed by atoms with E-state index in [1.807, 2.05) is 6.08 Å². The Hall–Kier alpha value is -1.35. The molecule has 0 amide bonds. The molecule has 2 unspecified atom stereocenters. The fraction of sp³-hybridized carbons (Fsp3) is 0.731. The van der Waals surface area contributed by atoms with Gasteiger partial charge in [0, 0.05) is 18.1 Å². The van der Waals surface area contributed by atoms with Crippen LogP contribution in [0.4, 0.5) is 0 Å². The lowest BCUT2D eigenvalue weighted by Crippen LogP contribution is -2.18. The lowest BCUT2D eigenvalue weighted by atomic mass is 9.95. The van der Waals surface area contributed by atoms with Crippen LogP contribution in [0.2, 0.25) is 0 Å². The highest BCUT2D eigenvalue weighted by molar-refractivity contribution is 5.86. The summed E-state index contributed by atoms with van der Waals surface area (Å²) >= 11 is 0. The average molecular weight is 411 g/mol. The van der Waals surface area contributed by atoms with Gasteiger partial charge >= 0.3 is 5.97 Å². The summed E-state index contributed by atoms with van der Waals surface area (Å²) in [6.07, 6.45) is 13.2. The minimum Gasteiger partial charge on any atom is -0.462 e.